The van der Waals surface area contributed by atoms with E-state index in [0.717, 1.165) is 37.1 Å². The Balaban J connectivity index is 1.78. The van der Waals surface area contributed by atoms with Crippen molar-refractivity contribution in [1.29, 1.82) is 0 Å². The van der Waals surface area contributed by atoms with Gasteiger partial charge in [-0.2, -0.15) is 0 Å². The van der Waals surface area contributed by atoms with E-state index in [1.807, 2.05) is 0 Å². The number of phenols is 1. The van der Waals surface area contributed by atoms with Crippen LogP contribution in [0.1, 0.15) is 68.9 Å². The third-order valence-corrected chi connectivity index (χ3v) is 6.46. The minimum atomic E-state index is -0.834. The number of benzene rings is 2. The number of hydrogen-bond acceptors (Lipinski definition) is 3. The summed E-state index contributed by atoms with van der Waals surface area (Å²) in [5.74, 6) is 6.23. The van der Waals surface area contributed by atoms with Crippen molar-refractivity contribution in [1.82, 2.24) is 0 Å². The van der Waals surface area contributed by atoms with Crippen molar-refractivity contribution in [3.8, 4) is 17.6 Å². The summed E-state index contributed by atoms with van der Waals surface area (Å²) in [6.07, 6.45) is 1.41. The van der Waals surface area contributed by atoms with Crippen molar-refractivity contribution >= 4 is 5.69 Å². The first-order valence-electron chi connectivity index (χ1n) is 10.1. The molecule has 0 fully saturated rings. The molecule has 0 aliphatic carbocycles. The number of phenolic OH excluding ortho intramolecular Hbond substituents is 1. The predicted octanol–water partition coefficient (Wildman–Crippen LogP) is 4.65. The SMILES string of the molecule is CC1(C)CCN2CCC(C)(C)c3cc(C(O)C#Cc4ccc(O)cc4)cc1c32. The van der Waals surface area contributed by atoms with E-state index in [2.05, 4.69) is 56.6 Å². The fourth-order valence-electron chi connectivity index (χ4n) is 4.40. The molecule has 0 saturated carbocycles. The summed E-state index contributed by atoms with van der Waals surface area (Å²) in [6, 6.07) is 11.1. The Hall–Kier alpha value is -2.44. The van der Waals surface area contributed by atoms with Gasteiger partial charge in [0.2, 0.25) is 0 Å². The molecule has 0 spiro atoms. The lowest BCUT2D eigenvalue weighted by molar-refractivity contribution is 0.237. The molecule has 1 unspecified atom stereocenters. The van der Waals surface area contributed by atoms with Gasteiger partial charge in [-0.05, 0) is 76.8 Å². The highest BCUT2D eigenvalue weighted by Gasteiger charge is 2.40. The van der Waals surface area contributed by atoms with Gasteiger partial charge in [-0.1, -0.05) is 39.5 Å². The van der Waals surface area contributed by atoms with Crippen LogP contribution < -0.4 is 4.90 Å². The Labute approximate surface area is 168 Å². The van der Waals surface area contributed by atoms with Crippen molar-refractivity contribution in [2.24, 2.45) is 0 Å². The predicted molar refractivity (Wildman–Crippen MR) is 114 cm³/mol. The molecule has 0 bridgehead atoms. The molecule has 2 aliphatic rings. The highest BCUT2D eigenvalue weighted by molar-refractivity contribution is 5.69. The first kappa shape index (κ1) is 18.9. The van der Waals surface area contributed by atoms with Crippen LogP contribution in [0.15, 0.2) is 36.4 Å². The summed E-state index contributed by atoms with van der Waals surface area (Å²) in [5, 5.41) is 20.3. The van der Waals surface area contributed by atoms with Crippen molar-refractivity contribution in [3.05, 3.63) is 58.7 Å². The maximum Gasteiger partial charge on any atom is 0.140 e. The Morgan fingerprint density at radius 3 is 2.00 bits per heavy atom. The van der Waals surface area contributed by atoms with E-state index in [9.17, 15) is 10.2 Å². The molecule has 0 amide bonds. The van der Waals surface area contributed by atoms with Crippen LogP contribution in [0.3, 0.4) is 0 Å². The van der Waals surface area contributed by atoms with Crippen molar-refractivity contribution in [2.45, 2.75) is 57.5 Å². The number of hydrogen-bond donors (Lipinski definition) is 2. The van der Waals surface area contributed by atoms with Gasteiger partial charge in [0, 0.05) is 24.3 Å². The fraction of sp³-hybridized carbons (Fsp3) is 0.440. The Morgan fingerprint density at radius 1 is 0.929 bits per heavy atom. The van der Waals surface area contributed by atoms with E-state index < -0.39 is 6.10 Å². The quantitative estimate of drug-likeness (QED) is 0.713. The zero-order valence-electron chi connectivity index (χ0n) is 17.2. The van der Waals surface area contributed by atoms with Gasteiger partial charge in [0.15, 0.2) is 0 Å². The molecular formula is C25H29NO2. The van der Waals surface area contributed by atoms with Crippen LogP contribution in [-0.2, 0) is 10.8 Å². The topological polar surface area (TPSA) is 43.7 Å². The molecule has 2 aliphatic heterocycles. The van der Waals surface area contributed by atoms with Gasteiger partial charge >= 0.3 is 0 Å². The molecule has 0 radical (unpaired) electrons. The summed E-state index contributed by atoms with van der Waals surface area (Å²) in [4.78, 5) is 2.53. The Morgan fingerprint density at radius 2 is 1.46 bits per heavy atom. The van der Waals surface area contributed by atoms with Gasteiger partial charge in [-0.15, -0.1) is 0 Å². The molecule has 3 heteroatoms. The highest BCUT2D eigenvalue weighted by Crippen LogP contribution is 2.49. The molecular weight excluding hydrogens is 346 g/mol. The van der Waals surface area contributed by atoms with Crippen molar-refractivity contribution in [2.75, 3.05) is 18.0 Å². The van der Waals surface area contributed by atoms with E-state index in [1.54, 1.807) is 24.3 Å². The zero-order valence-corrected chi connectivity index (χ0v) is 17.2. The third-order valence-electron chi connectivity index (χ3n) is 6.46. The molecule has 0 aromatic heterocycles. The first-order valence-corrected chi connectivity index (χ1v) is 10.1. The summed E-state index contributed by atoms with van der Waals surface area (Å²) in [7, 11) is 0. The number of aliphatic hydroxyl groups excluding tert-OH is 1. The van der Waals surface area contributed by atoms with Gasteiger partial charge < -0.3 is 15.1 Å². The van der Waals surface area contributed by atoms with E-state index >= 15 is 0 Å². The van der Waals surface area contributed by atoms with Crippen LogP contribution in [0.25, 0.3) is 0 Å². The normalized spacial score (nSPS) is 20.0. The van der Waals surface area contributed by atoms with Gasteiger partial charge in [-0.25, -0.2) is 0 Å². The van der Waals surface area contributed by atoms with Gasteiger partial charge in [-0.3, -0.25) is 0 Å². The van der Waals surface area contributed by atoms with Crippen LogP contribution in [-0.4, -0.2) is 23.3 Å². The molecule has 2 heterocycles. The van der Waals surface area contributed by atoms with Crippen molar-refractivity contribution < 1.29 is 10.2 Å². The van der Waals surface area contributed by atoms with Crippen LogP contribution >= 0.6 is 0 Å². The molecule has 146 valence electrons. The lowest BCUT2D eigenvalue weighted by Gasteiger charge is -2.48. The second kappa shape index (κ2) is 6.57. The maximum atomic E-state index is 10.8. The molecule has 2 N–H and O–H groups in total. The van der Waals surface area contributed by atoms with E-state index in [4.69, 9.17) is 0 Å². The number of aliphatic hydroxyl groups is 1. The maximum absolute atomic E-state index is 10.8. The molecule has 28 heavy (non-hydrogen) atoms. The monoisotopic (exact) mass is 375 g/mol. The van der Waals surface area contributed by atoms with E-state index in [0.29, 0.717) is 0 Å². The average molecular weight is 376 g/mol. The lowest BCUT2D eigenvalue weighted by Crippen LogP contribution is -2.44. The summed E-state index contributed by atoms with van der Waals surface area (Å²) >= 11 is 0. The lowest BCUT2D eigenvalue weighted by atomic mass is 9.69. The smallest absolute Gasteiger partial charge is 0.140 e. The molecule has 2 aromatic carbocycles. The zero-order chi connectivity index (χ0) is 20.1. The van der Waals surface area contributed by atoms with Gasteiger partial charge in [0.05, 0.1) is 0 Å². The average Bonchev–Trinajstić information content (AvgIpc) is 2.65. The number of rotatable bonds is 1. The highest BCUT2D eigenvalue weighted by atomic mass is 16.3. The van der Waals surface area contributed by atoms with Crippen molar-refractivity contribution in [3.63, 3.8) is 0 Å². The summed E-state index contributed by atoms with van der Waals surface area (Å²) in [6.45, 7) is 11.4. The molecule has 4 rings (SSSR count). The summed E-state index contributed by atoms with van der Waals surface area (Å²) < 4.78 is 0. The van der Waals surface area contributed by atoms with Crippen LogP contribution in [0.4, 0.5) is 5.69 Å². The second-order valence-corrected chi connectivity index (χ2v) is 9.44. The molecule has 3 nitrogen and oxygen atoms in total. The Kier molecular flexibility index (Phi) is 4.43. The standard InChI is InChI=1S/C25H29NO2/c1-24(2)11-13-26-14-12-25(3,4)21-16-18(15-20(24)23(21)26)22(28)10-7-17-5-8-19(27)9-6-17/h5-6,8-9,15-16,22,27-28H,11-14H2,1-4H3. The van der Waals surface area contributed by atoms with Gasteiger partial charge in [0.1, 0.15) is 11.9 Å². The van der Waals surface area contributed by atoms with E-state index in [-0.39, 0.29) is 16.6 Å². The van der Waals surface area contributed by atoms with Crippen LogP contribution in [0.2, 0.25) is 0 Å². The minimum Gasteiger partial charge on any atom is -0.508 e. The Bertz CT molecular complexity index is 919. The largest absolute Gasteiger partial charge is 0.508 e. The minimum absolute atomic E-state index is 0.0914. The van der Waals surface area contributed by atoms with Crippen LogP contribution in [0, 0.1) is 11.8 Å². The van der Waals surface area contributed by atoms with E-state index in [1.165, 1.54) is 16.8 Å². The molecule has 0 saturated heterocycles. The first-order chi connectivity index (χ1) is 13.2. The van der Waals surface area contributed by atoms with Gasteiger partial charge in [0.25, 0.3) is 0 Å². The fourth-order valence-corrected chi connectivity index (χ4v) is 4.40. The summed E-state index contributed by atoms with van der Waals surface area (Å²) in [5.41, 5.74) is 5.90. The third kappa shape index (κ3) is 3.27. The number of anilines is 1. The molecule has 1 atom stereocenters. The molecule has 2 aromatic rings. The number of nitrogens with zero attached hydrogens (tertiary/aromatic N) is 1. The van der Waals surface area contributed by atoms with Crippen LogP contribution in [0.5, 0.6) is 5.75 Å². The number of aromatic hydroxyl groups is 1. The second-order valence-electron chi connectivity index (χ2n) is 9.44.